The number of fused-ring (bicyclic) bond motifs is 5. The summed E-state index contributed by atoms with van der Waals surface area (Å²) in [5.41, 5.74) is 9.09. The zero-order valence-corrected chi connectivity index (χ0v) is 14.4. The van der Waals surface area contributed by atoms with E-state index in [1.165, 1.54) is 23.0 Å². The van der Waals surface area contributed by atoms with Gasteiger partial charge in [-0.1, -0.05) is 6.07 Å². The predicted molar refractivity (Wildman–Crippen MR) is 92.6 cm³/mol. The van der Waals surface area contributed by atoms with Crippen LogP contribution < -0.4 is 10.5 Å². The maximum Gasteiger partial charge on any atom is 0.258 e. The number of ether oxygens (including phenoxy) is 2. The normalized spacial score (nSPS) is 13.4. The topological polar surface area (TPSA) is 112 Å². The molecule has 0 spiro atoms. The minimum Gasteiger partial charge on any atom is -0.470 e. The van der Waals surface area contributed by atoms with E-state index in [2.05, 4.69) is 21.1 Å². The molecule has 1 aliphatic rings. The van der Waals surface area contributed by atoms with E-state index >= 15 is 0 Å². The quantitative estimate of drug-likeness (QED) is 0.648. The summed E-state index contributed by atoms with van der Waals surface area (Å²) in [7, 11) is 1.67. The van der Waals surface area contributed by atoms with Crippen LogP contribution in [0.15, 0.2) is 24.4 Å². The number of hydrogen-bond donors (Lipinski definition) is 1. The fraction of sp³-hybridized carbons (Fsp3) is 0.222. The monoisotopic (exact) mass is 366 g/mol. The van der Waals surface area contributed by atoms with E-state index in [1.54, 1.807) is 13.1 Å². The Balaban J connectivity index is 1.86. The average molecular weight is 366 g/mol. The van der Waals surface area contributed by atoms with Gasteiger partial charge in [0, 0.05) is 7.05 Å². The van der Waals surface area contributed by atoms with Gasteiger partial charge in [0.1, 0.15) is 24.2 Å². The maximum absolute atomic E-state index is 13.6. The van der Waals surface area contributed by atoms with Crippen LogP contribution in [0.4, 0.5) is 10.2 Å². The van der Waals surface area contributed by atoms with E-state index in [0.29, 0.717) is 28.2 Å². The van der Waals surface area contributed by atoms with Gasteiger partial charge >= 0.3 is 0 Å². The summed E-state index contributed by atoms with van der Waals surface area (Å²) in [6.07, 6.45) is 1.46. The third-order valence-corrected chi connectivity index (χ3v) is 4.28. The summed E-state index contributed by atoms with van der Waals surface area (Å²) in [5.74, 6) is -0.153. The van der Waals surface area contributed by atoms with Gasteiger partial charge < -0.3 is 15.2 Å². The van der Waals surface area contributed by atoms with Gasteiger partial charge in [-0.2, -0.15) is 10.4 Å². The second kappa shape index (κ2) is 6.66. The highest BCUT2D eigenvalue weighted by molar-refractivity contribution is 5.69. The van der Waals surface area contributed by atoms with Crippen LogP contribution in [0, 0.1) is 17.1 Å². The van der Waals surface area contributed by atoms with Crippen molar-refractivity contribution in [2.24, 2.45) is 7.05 Å². The highest BCUT2D eigenvalue weighted by Crippen LogP contribution is 2.30. The molecule has 1 aromatic carbocycles. The molecule has 1 aliphatic heterocycles. The molecular weight excluding hydrogens is 351 g/mol. The summed E-state index contributed by atoms with van der Waals surface area (Å²) < 4.78 is 26.6. The highest BCUT2D eigenvalue weighted by Gasteiger charge is 2.22. The number of aromatic nitrogens is 4. The molecule has 0 saturated carbocycles. The number of hydrogen-bond acceptors (Lipinski definition) is 7. The first-order chi connectivity index (χ1) is 13.1. The molecule has 2 aromatic heterocycles. The van der Waals surface area contributed by atoms with E-state index < -0.39 is 0 Å². The second-order valence-electron chi connectivity index (χ2n) is 6.05. The Labute approximate surface area is 154 Å². The third-order valence-electron chi connectivity index (χ3n) is 4.28. The molecule has 0 saturated heterocycles. The first-order valence-electron chi connectivity index (χ1n) is 8.13. The summed E-state index contributed by atoms with van der Waals surface area (Å²) in [5, 5.41) is 13.9. The minimum atomic E-state index is -0.372. The second-order valence-corrected chi connectivity index (χ2v) is 6.05. The number of rotatable bonds is 0. The zero-order chi connectivity index (χ0) is 19.0. The van der Waals surface area contributed by atoms with Gasteiger partial charge in [-0.05, 0) is 23.3 Å². The van der Waals surface area contributed by atoms with E-state index in [-0.39, 0.29) is 37.3 Å². The van der Waals surface area contributed by atoms with Crippen molar-refractivity contribution in [2.75, 3.05) is 5.73 Å². The molecule has 9 heteroatoms. The van der Waals surface area contributed by atoms with Crippen LogP contribution in [0.1, 0.15) is 22.5 Å². The molecule has 2 N–H and O–H groups in total. The number of anilines is 1. The van der Waals surface area contributed by atoms with E-state index in [1.807, 2.05) is 0 Å². The van der Waals surface area contributed by atoms with E-state index in [9.17, 15) is 9.65 Å². The molecule has 0 amide bonds. The Kier molecular flexibility index (Phi) is 4.18. The first-order valence-corrected chi connectivity index (χ1v) is 8.13. The van der Waals surface area contributed by atoms with E-state index in [4.69, 9.17) is 15.2 Å². The smallest absolute Gasteiger partial charge is 0.258 e. The highest BCUT2D eigenvalue weighted by atomic mass is 19.1. The number of aryl methyl sites for hydroxylation is 1. The van der Waals surface area contributed by atoms with Crippen molar-refractivity contribution in [1.82, 2.24) is 19.7 Å². The predicted octanol–water partition coefficient (Wildman–Crippen LogP) is 2.08. The van der Waals surface area contributed by atoms with Crippen molar-refractivity contribution in [1.29, 1.82) is 5.26 Å². The fourth-order valence-electron chi connectivity index (χ4n) is 2.96. The van der Waals surface area contributed by atoms with Gasteiger partial charge in [-0.25, -0.2) is 14.4 Å². The zero-order valence-electron chi connectivity index (χ0n) is 14.4. The van der Waals surface area contributed by atoms with Crippen molar-refractivity contribution in [3.63, 3.8) is 0 Å². The van der Waals surface area contributed by atoms with Crippen LogP contribution in [-0.4, -0.2) is 19.7 Å². The van der Waals surface area contributed by atoms with Gasteiger partial charge in [0.05, 0.1) is 36.4 Å². The van der Waals surface area contributed by atoms with Crippen LogP contribution in [0.2, 0.25) is 0 Å². The van der Waals surface area contributed by atoms with Crippen molar-refractivity contribution in [3.8, 4) is 23.2 Å². The lowest BCUT2D eigenvalue weighted by Gasteiger charge is -2.14. The van der Waals surface area contributed by atoms with Crippen LogP contribution in [0.3, 0.4) is 0 Å². The summed E-state index contributed by atoms with van der Waals surface area (Å²) in [6.45, 7) is 0.458. The fourth-order valence-corrected chi connectivity index (χ4v) is 2.96. The molecule has 0 aliphatic carbocycles. The number of benzene rings is 1. The lowest BCUT2D eigenvalue weighted by Crippen LogP contribution is -2.08. The van der Waals surface area contributed by atoms with Crippen molar-refractivity contribution >= 4 is 5.82 Å². The Morgan fingerprint density at radius 2 is 2.11 bits per heavy atom. The van der Waals surface area contributed by atoms with Gasteiger partial charge in [0.15, 0.2) is 5.82 Å². The molecule has 8 nitrogen and oxygen atoms in total. The third kappa shape index (κ3) is 3.07. The standard InChI is InChI=1S/C18H15FN6O2/c1-25-15(5-20)16-13-6-22-17(21)18(23-13)27-8-11-4-12(19)3-2-10(11)7-26-9-14(16)24-25/h2-4,6H,7-9H2,1H3,(H2,21,22). The van der Waals surface area contributed by atoms with E-state index in [0.717, 1.165) is 5.56 Å². The van der Waals surface area contributed by atoms with Crippen LogP contribution in [0.5, 0.6) is 5.88 Å². The number of nitrogen functional groups attached to an aromatic ring is 1. The molecule has 0 atom stereocenters. The van der Waals surface area contributed by atoms with Crippen LogP contribution in [-0.2, 0) is 31.6 Å². The Hall–Kier alpha value is -3.51. The lowest BCUT2D eigenvalue weighted by atomic mass is 10.1. The lowest BCUT2D eigenvalue weighted by molar-refractivity contribution is 0.103. The number of halogens is 1. The van der Waals surface area contributed by atoms with Crippen LogP contribution >= 0.6 is 0 Å². The largest absolute Gasteiger partial charge is 0.470 e. The molecule has 4 rings (SSSR count). The minimum absolute atomic E-state index is 0.0593. The Morgan fingerprint density at radius 1 is 1.26 bits per heavy atom. The molecular formula is C18H15FN6O2. The summed E-state index contributed by atoms with van der Waals surface area (Å²) in [4.78, 5) is 8.52. The summed E-state index contributed by atoms with van der Waals surface area (Å²) in [6, 6.07) is 6.52. The SMILES string of the molecule is Cn1nc2c(c1C#N)-c1cnc(N)c(n1)OCc1cc(F)ccc1COC2. The Morgan fingerprint density at radius 3 is 2.93 bits per heavy atom. The van der Waals surface area contributed by atoms with Crippen molar-refractivity contribution in [2.45, 2.75) is 19.8 Å². The van der Waals surface area contributed by atoms with Crippen LogP contribution in [0.25, 0.3) is 11.3 Å². The first kappa shape index (κ1) is 16.9. The van der Waals surface area contributed by atoms with Gasteiger partial charge in [-0.15, -0.1) is 0 Å². The molecule has 0 fully saturated rings. The van der Waals surface area contributed by atoms with Gasteiger partial charge in [0.2, 0.25) is 0 Å². The molecule has 136 valence electrons. The Bertz CT molecular complexity index is 1070. The summed E-state index contributed by atoms with van der Waals surface area (Å²) >= 11 is 0. The van der Waals surface area contributed by atoms with Crippen molar-refractivity contribution < 1.29 is 13.9 Å². The molecule has 27 heavy (non-hydrogen) atoms. The number of nitriles is 1. The van der Waals surface area contributed by atoms with Gasteiger partial charge in [0.25, 0.3) is 5.88 Å². The molecule has 0 radical (unpaired) electrons. The molecule has 0 unspecified atom stereocenters. The average Bonchev–Trinajstić information content (AvgIpc) is 2.97. The maximum atomic E-state index is 13.6. The molecule has 3 aromatic rings. The number of nitrogens with two attached hydrogens (primary N) is 1. The number of nitrogens with zero attached hydrogens (tertiary/aromatic N) is 5. The van der Waals surface area contributed by atoms with Gasteiger partial charge in [-0.3, -0.25) is 4.68 Å². The molecule has 2 bridgehead atoms. The molecule has 3 heterocycles. The van der Waals surface area contributed by atoms with Crippen molar-refractivity contribution in [3.05, 3.63) is 52.7 Å².